The van der Waals surface area contributed by atoms with Crippen LogP contribution in [0.15, 0.2) is 83.3 Å². The third-order valence-electron chi connectivity index (χ3n) is 3.90. The number of benzene rings is 2. The van der Waals surface area contributed by atoms with Crippen LogP contribution in [-0.2, 0) is 10.0 Å². The molecule has 1 aliphatic carbocycles. The van der Waals surface area contributed by atoms with Gasteiger partial charge in [-0.1, -0.05) is 66.0 Å². The summed E-state index contributed by atoms with van der Waals surface area (Å²) in [6, 6.07) is 16.5. The average molecular weight is 349 g/mol. The first-order chi connectivity index (χ1) is 12.1. The van der Waals surface area contributed by atoms with Gasteiger partial charge in [0, 0.05) is 12.1 Å². The van der Waals surface area contributed by atoms with Gasteiger partial charge in [0.05, 0.1) is 11.4 Å². The summed E-state index contributed by atoms with van der Waals surface area (Å²) in [5.74, 6) is 6.01. The lowest BCUT2D eigenvalue weighted by Gasteiger charge is -2.22. The molecule has 0 amide bonds. The molecule has 0 heterocycles. The molecule has 0 aliphatic heterocycles. The monoisotopic (exact) mass is 349 g/mol. The first kappa shape index (κ1) is 17.2. The van der Waals surface area contributed by atoms with Crippen LogP contribution in [0.4, 0.5) is 0 Å². The summed E-state index contributed by atoms with van der Waals surface area (Å²) in [6.45, 7) is 2.41. The zero-order valence-corrected chi connectivity index (χ0v) is 14.8. The molecule has 0 radical (unpaired) electrons. The second-order valence-corrected chi connectivity index (χ2v) is 7.79. The van der Waals surface area contributed by atoms with E-state index in [9.17, 15) is 8.42 Å². The van der Waals surface area contributed by atoms with E-state index in [0.29, 0.717) is 11.4 Å². The molecule has 0 fully saturated rings. The molecule has 2 aromatic carbocycles. The Morgan fingerprint density at radius 2 is 1.68 bits per heavy atom. The minimum absolute atomic E-state index is 0.149. The Morgan fingerprint density at radius 1 is 1.00 bits per heavy atom. The third-order valence-corrected chi connectivity index (χ3v) is 5.71. The zero-order chi connectivity index (χ0) is 17.7. The van der Waals surface area contributed by atoms with E-state index in [1.165, 1.54) is 4.31 Å². The summed E-state index contributed by atoms with van der Waals surface area (Å²) in [5.41, 5.74) is 2.88. The molecule has 0 atom stereocenters. The van der Waals surface area contributed by atoms with Gasteiger partial charge in [-0.2, -0.15) is 4.31 Å². The lowest BCUT2D eigenvalue weighted by molar-refractivity contribution is 0.472. The van der Waals surface area contributed by atoms with Gasteiger partial charge in [0.1, 0.15) is 0 Å². The molecular weight excluding hydrogens is 330 g/mol. The fraction of sp³-hybridized carbons (Fsp3) is 0.143. The van der Waals surface area contributed by atoms with Crippen molar-refractivity contribution in [3.05, 3.63) is 89.5 Å². The van der Waals surface area contributed by atoms with Crippen molar-refractivity contribution in [2.45, 2.75) is 11.8 Å². The van der Waals surface area contributed by atoms with Crippen LogP contribution >= 0.6 is 0 Å². The molecule has 1 aliphatic rings. The molecule has 3 nitrogen and oxygen atoms in total. The molecule has 0 N–H and O–H groups in total. The smallest absolute Gasteiger partial charge is 0.207 e. The number of sulfonamides is 1. The van der Waals surface area contributed by atoms with Crippen molar-refractivity contribution in [2.75, 3.05) is 13.1 Å². The highest BCUT2D eigenvalue weighted by Crippen LogP contribution is 2.19. The number of hydrogen-bond acceptors (Lipinski definition) is 2. The second-order valence-electron chi connectivity index (χ2n) is 5.85. The molecule has 25 heavy (non-hydrogen) atoms. The summed E-state index contributed by atoms with van der Waals surface area (Å²) in [7, 11) is -3.59. The van der Waals surface area contributed by atoms with Gasteiger partial charge >= 0.3 is 0 Å². The predicted molar refractivity (Wildman–Crippen MR) is 100 cm³/mol. The van der Waals surface area contributed by atoms with Gasteiger partial charge in [-0.15, -0.1) is 0 Å². The SMILES string of the molecule is Cc1ccc(S(=O)(=O)N(CC#Cc2ccccc2)CC2=CC=C2)cc1. The molecule has 126 valence electrons. The van der Waals surface area contributed by atoms with E-state index >= 15 is 0 Å². The van der Waals surface area contributed by atoms with E-state index in [1.807, 2.05) is 67.6 Å². The van der Waals surface area contributed by atoms with Gasteiger partial charge < -0.3 is 0 Å². The van der Waals surface area contributed by atoms with E-state index < -0.39 is 10.0 Å². The van der Waals surface area contributed by atoms with Gasteiger partial charge in [0.2, 0.25) is 10.0 Å². The standard InChI is InChI=1S/C21H19NO2S/c1-18-12-14-21(15-13-18)25(23,24)22(17-20-9-5-10-20)16-6-11-19-7-3-2-4-8-19/h2-5,7-10,12-15H,16-17H2,1H3. The summed E-state index contributed by atoms with van der Waals surface area (Å²) >= 11 is 0. The lowest BCUT2D eigenvalue weighted by atomic mass is 10.1. The Morgan fingerprint density at radius 3 is 2.28 bits per heavy atom. The Bertz CT molecular complexity index is 960. The maximum atomic E-state index is 13.0. The van der Waals surface area contributed by atoms with E-state index in [-0.39, 0.29) is 6.54 Å². The quantitative estimate of drug-likeness (QED) is 0.775. The normalized spacial score (nSPS) is 13.0. The van der Waals surface area contributed by atoms with Crippen molar-refractivity contribution in [3.63, 3.8) is 0 Å². The minimum Gasteiger partial charge on any atom is -0.207 e. The fourth-order valence-corrected chi connectivity index (χ4v) is 3.71. The van der Waals surface area contributed by atoms with E-state index in [2.05, 4.69) is 11.8 Å². The minimum atomic E-state index is -3.59. The molecule has 0 saturated carbocycles. The lowest BCUT2D eigenvalue weighted by Crippen LogP contribution is -2.33. The van der Waals surface area contributed by atoms with E-state index in [0.717, 1.165) is 16.7 Å². The van der Waals surface area contributed by atoms with Gasteiger partial charge in [-0.05, 0) is 36.8 Å². The highest BCUT2D eigenvalue weighted by atomic mass is 32.2. The molecule has 0 unspecified atom stereocenters. The number of nitrogens with zero attached hydrogens (tertiary/aromatic N) is 1. The van der Waals surface area contributed by atoms with E-state index in [1.54, 1.807) is 12.1 Å². The van der Waals surface area contributed by atoms with Crippen molar-refractivity contribution in [3.8, 4) is 11.8 Å². The Balaban J connectivity index is 1.84. The topological polar surface area (TPSA) is 37.4 Å². The van der Waals surface area contributed by atoms with E-state index in [4.69, 9.17) is 0 Å². The van der Waals surface area contributed by atoms with Crippen LogP contribution < -0.4 is 0 Å². The summed E-state index contributed by atoms with van der Waals surface area (Å²) in [5, 5.41) is 0. The van der Waals surface area contributed by atoms with Gasteiger partial charge in [-0.25, -0.2) is 8.42 Å². The van der Waals surface area contributed by atoms with Crippen LogP contribution in [0.5, 0.6) is 0 Å². The number of allylic oxidation sites excluding steroid dienone is 2. The van der Waals surface area contributed by atoms with Crippen LogP contribution in [-0.4, -0.2) is 25.8 Å². The number of rotatable bonds is 5. The van der Waals surface area contributed by atoms with Crippen LogP contribution in [0, 0.1) is 18.8 Å². The Labute approximate surface area is 149 Å². The van der Waals surface area contributed by atoms with Crippen LogP contribution in [0.25, 0.3) is 0 Å². The molecule has 3 rings (SSSR count). The maximum absolute atomic E-state index is 13.0. The predicted octanol–water partition coefficient (Wildman–Crippen LogP) is 3.53. The van der Waals surface area contributed by atoms with Crippen molar-refractivity contribution >= 4 is 10.0 Å². The van der Waals surface area contributed by atoms with Crippen LogP contribution in [0.2, 0.25) is 0 Å². The van der Waals surface area contributed by atoms with Crippen molar-refractivity contribution < 1.29 is 8.42 Å². The van der Waals surface area contributed by atoms with Crippen molar-refractivity contribution in [1.29, 1.82) is 0 Å². The molecule has 0 aromatic heterocycles. The molecule has 2 aromatic rings. The first-order valence-electron chi connectivity index (χ1n) is 8.04. The maximum Gasteiger partial charge on any atom is 0.244 e. The largest absolute Gasteiger partial charge is 0.244 e. The second kappa shape index (κ2) is 7.52. The van der Waals surface area contributed by atoms with Crippen LogP contribution in [0.1, 0.15) is 11.1 Å². The van der Waals surface area contributed by atoms with Gasteiger partial charge in [0.15, 0.2) is 0 Å². The zero-order valence-electron chi connectivity index (χ0n) is 14.0. The highest BCUT2D eigenvalue weighted by Gasteiger charge is 2.24. The first-order valence-corrected chi connectivity index (χ1v) is 9.48. The number of hydrogen-bond donors (Lipinski definition) is 0. The molecule has 0 spiro atoms. The van der Waals surface area contributed by atoms with Gasteiger partial charge in [0.25, 0.3) is 0 Å². The molecule has 0 bridgehead atoms. The van der Waals surface area contributed by atoms with Gasteiger partial charge in [-0.3, -0.25) is 0 Å². The van der Waals surface area contributed by atoms with Crippen LogP contribution in [0.3, 0.4) is 0 Å². The molecular formula is C21H19NO2S. The average Bonchev–Trinajstić information content (AvgIpc) is 2.57. The summed E-state index contributed by atoms with van der Waals surface area (Å²) in [6.07, 6.45) is 5.74. The summed E-state index contributed by atoms with van der Waals surface area (Å²) in [4.78, 5) is 0.295. The highest BCUT2D eigenvalue weighted by molar-refractivity contribution is 7.89. The Hall–Kier alpha value is -2.61. The molecule has 0 saturated heterocycles. The summed E-state index contributed by atoms with van der Waals surface area (Å²) < 4.78 is 27.4. The van der Waals surface area contributed by atoms with Crippen molar-refractivity contribution in [2.24, 2.45) is 0 Å². The third kappa shape index (κ3) is 4.27. The Kier molecular flexibility index (Phi) is 5.18. The number of aryl methyl sites for hydroxylation is 1. The molecule has 4 heteroatoms. The fourth-order valence-electron chi connectivity index (χ4n) is 2.38. The van der Waals surface area contributed by atoms with Crippen molar-refractivity contribution in [1.82, 2.24) is 4.31 Å².